The van der Waals surface area contributed by atoms with Crippen LogP contribution in [-0.4, -0.2) is 49.1 Å². The van der Waals surface area contributed by atoms with Gasteiger partial charge in [0.25, 0.3) is 5.91 Å². The molecular formula is C19H28N2O4. The van der Waals surface area contributed by atoms with Gasteiger partial charge in [0.15, 0.2) is 18.1 Å². The molecule has 1 saturated heterocycles. The van der Waals surface area contributed by atoms with Gasteiger partial charge in [0.1, 0.15) is 0 Å². The summed E-state index contributed by atoms with van der Waals surface area (Å²) in [6, 6.07) is 7.50. The van der Waals surface area contributed by atoms with Crippen molar-refractivity contribution < 1.29 is 19.1 Å². The summed E-state index contributed by atoms with van der Waals surface area (Å²) < 4.78 is 11.1. The first-order valence-corrected chi connectivity index (χ1v) is 8.94. The molecule has 1 heterocycles. The first kappa shape index (κ1) is 19.1. The molecular weight excluding hydrogens is 320 g/mol. The SMILES string of the molecule is CCOc1ccccc1OCC(=O)N1CCC(NC(=O)C(C)C)CC1. The molecule has 138 valence electrons. The molecule has 2 amide bonds. The number of piperidine rings is 1. The van der Waals surface area contributed by atoms with Gasteiger partial charge in [-0.15, -0.1) is 0 Å². The van der Waals surface area contributed by atoms with Gasteiger partial charge in [-0.3, -0.25) is 9.59 Å². The Labute approximate surface area is 149 Å². The lowest BCUT2D eigenvalue weighted by Gasteiger charge is -2.32. The number of rotatable bonds is 7. The summed E-state index contributed by atoms with van der Waals surface area (Å²) >= 11 is 0. The molecule has 0 unspecified atom stereocenters. The number of nitrogens with zero attached hydrogens (tertiary/aromatic N) is 1. The number of benzene rings is 1. The molecule has 1 N–H and O–H groups in total. The van der Waals surface area contributed by atoms with Crippen molar-refractivity contribution in [1.29, 1.82) is 0 Å². The van der Waals surface area contributed by atoms with Crippen molar-refractivity contribution in [2.24, 2.45) is 5.92 Å². The van der Waals surface area contributed by atoms with Gasteiger partial charge in [-0.2, -0.15) is 0 Å². The van der Waals surface area contributed by atoms with Crippen LogP contribution in [0.5, 0.6) is 11.5 Å². The quantitative estimate of drug-likeness (QED) is 0.820. The predicted octanol–water partition coefficient (Wildman–Crippen LogP) is 2.23. The second-order valence-electron chi connectivity index (χ2n) is 6.49. The predicted molar refractivity (Wildman–Crippen MR) is 95.7 cm³/mol. The number of nitrogens with one attached hydrogen (secondary N) is 1. The van der Waals surface area contributed by atoms with Gasteiger partial charge in [-0.05, 0) is 31.9 Å². The van der Waals surface area contributed by atoms with Crippen LogP contribution in [0, 0.1) is 5.92 Å². The maximum Gasteiger partial charge on any atom is 0.260 e. The van der Waals surface area contributed by atoms with Crippen LogP contribution in [0.4, 0.5) is 0 Å². The zero-order chi connectivity index (χ0) is 18.2. The average molecular weight is 348 g/mol. The molecule has 1 aromatic rings. The van der Waals surface area contributed by atoms with Gasteiger partial charge >= 0.3 is 0 Å². The van der Waals surface area contributed by atoms with E-state index < -0.39 is 0 Å². The number of amides is 2. The Balaban J connectivity index is 1.78. The highest BCUT2D eigenvalue weighted by Gasteiger charge is 2.24. The maximum atomic E-state index is 12.4. The molecule has 0 aromatic heterocycles. The van der Waals surface area contributed by atoms with Crippen molar-refractivity contribution >= 4 is 11.8 Å². The number of ether oxygens (including phenoxy) is 2. The number of carbonyl (C=O) groups is 2. The molecule has 1 aromatic carbocycles. The first-order valence-electron chi connectivity index (χ1n) is 8.94. The van der Waals surface area contributed by atoms with Gasteiger partial charge in [0.2, 0.25) is 5.91 Å². The number of hydrogen-bond donors (Lipinski definition) is 1. The summed E-state index contributed by atoms with van der Waals surface area (Å²) in [4.78, 5) is 25.9. The van der Waals surface area contributed by atoms with Gasteiger partial charge in [-0.25, -0.2) is 0 Å². The first-order chi connectivity index (χ1) is 12.0. The molecule has 6 heteroatoms. The normalized spacial score (nSPS) is 15.1. The Morgan fingerprint density at radius 3 is 2.32 bits per heavy atom. The highest BCUT2D eigenvalue weighted by molar-refractivity contribution is 5.79. The Kier molecular flexibility index (Phi) is 7.10. The molecule has 0 radical (unpaired) electrons. The van der Waals surface area contributed by atoms with Crippen molar-refractivity contribution in [3.63, 3.8) is 0 Å². The van der Waals surface area contributed by atoms with Crippen LogP contribution in [0.1, 0.15) is 33.6 Å². The van der Waals surface area contributed by atoms with Crippen molar-refractivity contribution in [2.45, 2.75) is 39.7 Å². The zero-order valence-electron chi connectivity index (χ0n) is 15.3. The summed E-state index contributed by atoms with van der Waals surface area (Å²) in [7, 11) is 0. The number of para-hydroxylation sites is 2. The monoisotopic (exact) mass is 348 g/mol. The minimum atomic E-state index is -0.0417. The lowest BCUT2D eigenvalue weighted by atomic mass is 10.0. The highest BCUT2D eigenvalue weighted by Crippen LogP contribution is 2.26. The summed E-state index contributed by atoms with van der Waals surface area (Å²) in [5.74, 6) is 1.24. The summed E-state index contributed by atoms with van der Waals surface area (Å²) in [5, 5.41) is 3.03. The third-order valence-electron chi connectivity index (χ3n) is 4.22. The Morgan fingerprint density at radius 1 is 1.16 bits per heavy atom. The van der Waals surface area contributed by atoms with Gasteiger partial charge in [0.05, 0.1) is 6.61 Å². The van der Waals surface area contributed by atoms with E-state index in [0.29, 0.717) is 31.2 Å². The molecule has 2 rings (SSSR count). The van der Waals surface area contributed by atoms with Crippen LogP contribution in [0.15, 0.2) is 24.3 Å². The summed E-state index contributed by atoms with van der Waals surface area (Å²) in [6.07, 6.45) is 1.56. The van der Waals surface area contributed by atoms with Crippen molar-refractivity contribution in [2.75, 3.05) is 26.3 Å². The van der Waals surface area contributed by atoms with E-state index in [4.69, 9.17) is 9.47 Å². The maximum absolute atomic E-state index is 12.4. The molecule has 6 nitrogen and oxygen atoms in total. The number of hydrogen-bond acceptors (Lipinski definition) is 4. The van der Waals surface area contributed by atoms with E-state index in [1.165, 1.54) is 0 Å². The van der Waals surface area contributed by atoms with Crippen LogP contribution in [0.3, 0.4) is 0 Å². The highest BCUT2D eigenvalue weighted by atomic mass is 16.5. The number of likely N-dealkylation sites (tertiary alicyclic amines) is 1. The average Bonchev–Trinajstić information content (AvgIpc) is 2.61. The minimum absolute atomic E-state index is 0.00684. The molecule has 0 atom stereocenters. The third kappa shape index (κ3) is 5.66. The summed E-state index contributed by atoms with van der Waals surface area (Å²) in [5.41, 5.74) is 0. The standard InChI is InChI=1S/C19H28N2O4/c1-4-24-16-7-5-6-8-17(16)25-13-18(22)21-11-9-15(10-12-21)20-19(23)14(2)3/h5-8,14-15H,4,9-13H2,1-3H3,(H,20,23). The van der Waals surface area contributed by atoms with Gasteiger partial charge in [0, 0.05) is 25.0 Å². The fraction of sp³-hybridized carbons (Fsp3) is 0.579. The van der Waals surface area contributed by atoms with Crippen LogP contribution in [0.2, 0.25) is 0 Å². The van der Waals surface area contributed by atoms with Crippen LogP contribution in [-0.2, 0) is 9.59 Å². The van der Waals surface area contributed by atoms with E-state index in [-0.39, 0.29) is 30.4 Å². The Morgan fingerprint density at radius 2 is 1.76 bits per heavy atom. The van der Waals surface area contributed by atoms with E-state index in [0.717, 1.165) is 12.8 Å². The zero-order valence-corrected chi connectivity index (χ0v) is 15.3. The largest absolute Gasteiger partial charge is 0.490 e. The smallest absolute Gasteiger partial charge is 0.260 e. The molecule has 0 spiro atoms. The summed E-state index contributed by atoms with van der Waals surface area (Å²) in [6.45, 7) is 7.48. The van der Waals surface area contributed by atoms with Gasteiger partial charge < -0.3 is 19.7 Å². The Bertz CT molecular complexity index is 581. The van der Waals surface area contributed by atoms with E-state index in [2.05, 4.69) is 5.32 Å². The fourth-order valence-corrected chi connectivity index (χ4v) is 2.72. The second-order valence-corrected chi connectivity index (χ2v) is 6.49. The van der Waals surface area contributed by atoms with Crippen LogP contribution in [0.25, 0.3) is 0 Å². The van der Waals surface area contributed by atoms with Crippen molar-refractivity contribution in [3.05, 3.63) is 24.3 Å². The molecule has 1 aliphatic rings. The molecule has 0 aliphatic carbocycles. The van der Waals surface area contributed by atoms with E-state index in [1.54, 1.807) is 11.0 Å². The van der Waals surface area contributed by atoms with Crippen LogP contribution < -0.4 is 14.8 Å². The topological polar surface area (TPSA) is 67.9 Å². The van der Waals surface area contributed by atoms with E-state index in [9.17, 15) is 9.59 Å². The van der Waals surface area contributed by atoms with Crippen molar-refractivity contribution in [1.82, 2.24) is 10.2 Å². The minimum Gasteiger partial charge on any atom is -0.490 e. The van der Waals surface area contributed by atoms with Gasteiger partial charge in [-0.1, -0.05) is 26.0 Å². The molecule has 25 heavy (non-hydrogen) atoms. The molecule has 1 fully saturated rings. The third-order valence-corrected chi connectivity index (χ3v) is 4.22. The van der Waals surface area contributed by atoms with Crippen molar-refractivity contribution in [3.8, 4) is 11.5 Å². The Hall–Kier alpha value is -2.24. The van der Waals surface area contributed by atoms with E-state index in [1.807, 2.05) is 39.0 Å². The lowest BCUT2D eigenvalue weighted by Crippen LogP contribution is -2.48. The lowest BCUT2D eigenvalue weighted by molar-refractivity contribution is -0.134. The van der Waals surface area contributed by atoms with Crippen LogP contribution >= 0.6 is 0 Å². The second kappa shape index (κ2) is 9.30. The molecule has 0 bridgehead atoms. The number of carbonyl (C=O) groups excluding carboxylic acids is 2. The van der Waals surface area contributed by atoms with E-state index >= 15 is 0 Å². The molecule has 1 aliphatic heterocycles. The fourth-order valence-electron chi connectivity index (χ4n) is 2.72. The molecule has 0 saturated carbocycles.